The van der Waals surface area contributed by atoms with Crippen LogP contribution in [0.5, 0.6) is 0 Å². The van der Waals surface area contributed by atoms with Crippen LogP contribution in [0.25, 0.3) is 6.08 Å². The van der Waals surface area contributed by atoms with Crippen molar-refractivity contribution in [2.75, 3.05) is 31.1 Å². The Hall–Kier alpha value is -2.70. The average molecular weight is 355 g/mol. The first kappa shape index (κ1) is 18.1. The second-order valence-corrected chi connectivity index (χ2v) is 6.22. The molecule has 0 atom stereocenters. The highest BCUT2D eigenvalue weighted by Gasteiger charge is 2.19. The number of carbonyl (C=O) groups is 1. The van der Waals surface area contributed by atoms with Crippen LogP contribution in [0.15, 0.2) is 54.6 Å². The number of benzene rings is 2. The van der Waals surface area contributed by atoms with E-state index in [1.807, 2.05) is 36.4 Å². The molecule has 0 unspecified atom stereocenters. The lowest BCUT2D eigenvalue weighted by Crippen LogP contribution is -2.46. The van der Waals surface area contributed by atoms with Gasteiger partial charge in [0.15, 0.2) is 0 Å². The zero-order chi connectivity index (χ0) is 18.4. The summed E-state index contributed by atoms with van der Waals surface area (Å²) < 4.78 is 13.8. The first-order valence-electron chi connectivity index (χ1n) is 8.59. The van der Waals surface area contributed by atoms with Gasteiger partial charge < -0.3 is 4.90 Å². The number of piperazine rings is 1. The fourth-order valence-corrected chi connectivity index (χ4v) is 3.13. The number of halogens is 1. The summed E-state index contributed by atoms with van der Waals surface area (Å²) in [7, 11) is 0. The van der Waals surface area contributed by atoms with Gasteiger partial charge in [-0.1, -0.05) is 36.4 Å². The van der Waals surface area contributed by atoms with Crippen molar-refractivity contribution in [3.63, 3.8) is 0 Å². The maximum atomic E-state index is 13.8. The third-order valence-corrected chi connectivity index (χ3v) is 4.53. The summed E-state index contributed by atoms with van der Waals surface area (Å²) in [5, 5.41) is 8.61. The van der Waals surface area contributed by atoms with E-state index in [2.05, 4.69) is 9.80 Å². The number of para-hydroxylation sites is 1. The van der Waals surface area contributed by atoms with E-state index in [1.54, 1.807) is 17.6 Å². The highest BCUT2D eigenvalue weighted by atomic mass is 19.1. The van der Waals surface area contributed by atoms with Crippen molar-refractivity contribution in [3.8, 4) is 0 Å². The average Bonchev–Trinajstić information content (AvgIpc) is 2.69. The summed E-state index contributed by atoms with van der Waals surface area (Å²) >= 11 is 0. The van der Waals surface area contributed by atoms with Gasteiger partial charge in [0.05, 0.1) is 0 Å². The molecule has 0 aromatic heterocycles. The Morgan fingerprint density at radius 3 is 2.50 bits per heavy atom. The molecule has 0 saturated carbocycles. The van der Waals surface area contributed by atoms with Crippen molar-refractivity contribution >= 4 is 17.7 Å². The van der Waals surface area contributed by atoms with Crippen molar-refractivity contribution in [2.45, 2.75) is 6.54 Å². The zero-order valence-corrected chi connectivity index (χ0v) is 14.4. The molecule has 1 aliphatic heterocycles. The third kappa shape index (κ3) is 4.47. The van der Waals surface area contributed by atoms with Gasteiger partial charge in [-0.3, -0.25) is 14.9 Å². The fraction of sp³-hybridized carbons (Fsp3) is 0.250. The van der Waals surface area contributed by atoms with Crippen LogP contribution >= 0.6 is 0 Å². The molecule has 1 saturated heterocycles. The van der Waals surface area contributed by atoms with Gasteiger partial charge >= 0.3 is 0 Å². The molecule has 0 radical (unpaired) electrons. The van der Waals surface area contributed by atoms with Gasteiger partial charge in [0.2, 0.25) is 0 Å². The number of hydrogen-bond donors (Lipinski definition) is 2. The molecule has 0 bridgehead atoms. The normalized spacial score (nSPS) is 15.4. The number of nitrogens with zero attached hydrogens (tertiary/aromatic N) is 2. The number of rotatable bonds is 5. The Morgan fingerprint density at radius 2 is 1.77 bits per heavy atom. The van der Waals surface area contributed by atoms with Crippen molar-refractivity contribution < 1.29 is 14.4 Å². The number of amides is 1. The summed E-state index contributed by atoms with van der Waals surface area (Å²) in [5.74, 6) is -0.720. The van der Waals surface area contributed by atoms with Crippen LogP contribution in [0.4, 0.5) is 10.1 Å². The molecule has 2 N–H and O–H groups in total. The van der Waals surface area contributed by atoms with E-state index in [9.17, 15) is 9.18 Å². The number of hydroxylamine groups is 1. The summed E-state index contributed by atoms with van der Waals surface area (Å²) in [6.07, 6.45) is 2.99. The van der Waals surface area contributed by atoms with Crippen LogP contribution < -0.4 is 10.4 Å². The molecule has 2 aromatic carbocycles. The maximum Gasteiger partial charge on any atom is 0.267 e. The van der Waals surface area contributed by atoms with Crippen LogP contribution in [0, 0.1) is 5.82 Å². The van der Waals surface area contributed by atoms with Gasteiger partial charge in [-0.2, -0.15) is 0 Å². The number of nitrogens with one attached hydrogen (secondary N) is 1. The van der Waals surface area contributed by atoms with E-state index in [0.29, 0.717) is 6.54 Å². The lowest BCUT2D eigenvalue weighted by atomic mass is 10.1. The van der Waals surface area contributed by atoms with E-state index in [4.69, 9.17) is 5.21 Å². The highest BCUT2D eigenvalue weighted by molar-refractivity contribution is 5.91. The number of anilines is 1. The van der Waals surface area contributed by atoms with Crippen molar-refractivity contribution in [1.82, 2.24) is 10.4 Å². The minimum absolute atomic E-state index is 0.160. The second kappa shape index (κ2) is 8.60. The minimum atomic E-state index is -0.561. The van der Waals surface area contributed by atoms with E-state index >= 15 is 0 Å². The van der Waals surface area contributed by atoms with Crippen LogP contribution in [-0.2, 0) is 11.3 Å². The Kier molecular flexibility index (Phi) is 5.99. The van der Waals surface area contributed by atoms with Gasteiger partial charge in [-0.15, -0.1) is 0 Å². The largest absolute Gasteiger partial charge is 0.368 e. The van der Waals surface area contributed by atoms with Crippen molar-refractivity contribution in [1.29, 1.82) is 0 Å². The number of hydrogen-bond acceptors (Lipinski definition) is 4. The summed E-state index contributed by atoms with van der Waals surface area (Å²) in [5.41, 5.74) is 4.27. The lowest BCUT2D eigenvalue weighted by Gasteiger charge is -2.36. The molecule has 1 amide bonds. The molecule has 5 nitrogen and oxygen atoms in total. The molecule has 0 aliphatic carbocycles. The standard InChI is InChI=1S/C20H22FN3O2/c21-18-7-3-1-6-17(18)15-23-11-13-24(14-12-23)19-8-4-2-5-16(19)9-10-20(25)22-26/h1-10,26H,11-15H2,(H,22,25). The topological polar surface area (TPSA) is 55.8 Å². The van der Waals surface area contributed by atoms with E-state index < -0.39 is 5.91 Å². The van der Waals surface area contributed by atoms with Crippen molar-refractivity contribution in [3.05, 3.63) is 71.6 Å². The van der Waals surface area contributed by atoms with E-state index in [1.165, 1.54) is 12.1 Å². The van der Waals surface area contributed by atoms with Gasteiger partial charge in [0, 0.05) is 50.1 Å². The zero-order valence-electron chi connectivity index (χ0n) is 14.4. The van der Waals surface area contributed by atoms with Gasteiger partial charge in [0.25, 0.3) is 5.91 Å². The molecular formula is C20H22FN3O2. The summed E-state index contributed by atoms with van der Waals surface area (Å²) in [4.78, 5) is 15.7. The monoisotopic (exact) mass is 355 g/mol. The third-order valence-electron chi connectivity index (χ3n) is 4.53. The predicted molar refractivity (Wildman–Crippen MR) is 99.3 cm³/mol. The molecule has 2 aromatic rings. The molecule has 3 rings (SSSR count). The SMILES string of the molecule is O=C(C=Cc1ccccc1N1CCN(Cc2ccccc2F)CC1)NO. The van der Waals surface area contributed by atoms with Crippen LogP contribution in [0.2, 0.25) is 0 Å². The van der Waals surface area contributed by atoms with Crippen LogP contribution in [0.3, 0.4) is 0 Å². The van der Waals surface area contributed by atoms with Crippen LogP contribution in [0.1, 0.15) is 11.1 Å². The quantitative estimate of drug-likeness (QED) is 0.492. The molecule has 6 heteroatoms. The minimum Gasteiger partial charge on any atom is -0.368 e. The Morgan fingerprint density at radius 1 is 1.08 bits per heavy atom. The van der Waals surface area contributed by atoms with Crippen LogP contribution in [-0.4, -0.2) is 42.2 Å². The smallest absolute Gasteiger partial charge is 0.267 e. The molecule has 26 heavy (non-hydrogen) atoms. The van der Waals surface area contributed by atoms with E-state index in [-0.39, 0.29) is 5.82 Å². The summed E-state index contributed by atoms with van der Waals surface area (Å²) in [6, 6.07) is 14.7. The summed E-state index contributed by atoms with van der Waals surface area (Å²) in [6.45, 7) is 3.93. The molecule has 1 fully saturated rings. The van der Waals surface area contributed by atoms with Crippen molar-refractivity contribution in [2.24, 2.45) is 0 Å². The Labute approximate surface area is 152 Å². The molecule has 1 heterocycles. The molecule has 1 aliphatic rings. The Balaban J connectivity index is 1.64. The molecule has 0 spiro atoms. The Bertz CT molecular complexity index is 786. The molecular weight excluding hydrogens is 333 g/mol. The second-order valence-electron chi connectivity index (χ2n) is 6.22. The van der Waals surface area contributed by atoms with Gasteiger partial charge in [-0.05, 0) is 23.8 Å². The predicted octanol–water partition coefficient (Wildman–Crippen LogP) is 2.67. The molecule has 136 valence electrons. The van der Waals surface area contributed by atoms with E-state index in [0.717, 1.165) is 43.0 Å². The lowest BCUT2D eigenvalue weighted by molar-refractivity contribution is -0.124. The number of carbonyl (C=O) groups excluding carboxylic acids is 1. The van der Waals surface area contributed by atoms with Gasteiger partial charge in [0.1, 0.15) is 5.82 Å². The first-order valence-corrected chi connectivity index (χ1v) is 8.59. The highest BCUT2D eigenvalue weighted by Crippen LogP contribution is 2.23. The van der Waals surface area contributed by atoms with Gasteiger partial charge in [-0.25, -0.2) is 9.87 Å². The maximum absolute atomic E-state index is 13.8. The first-order chi connectivity index (χ1) is 12.7. The fourth-order valence-electron chi connectivity index (χ4n) is 3.13.